The van der Waals surface area contributed by atoms with Crippen LogP contribution < -0.4 is 10.6 Å². The molecular formula is C26H33N3O5S. The van der Waals surface area contributed by atoms with Crippen molar-refractivity contribution in [3.05, 3.63) is 64.5 Å². The molecule has 1 unspecified atom stereocenters. The molecule has 0 fully saturated rings. The van der Waals surface area contributed by atoms with Crippen molar-refractivity contribution >= 4 is 46.3 Å². The van der Waals surface area contributed by atoms with Crippen molar-refractivity contribution in [1.29, 1.82) is 0 Å². The SMILES string of the molecule is CC.CC(=O)O.O=CCNC(=O)C(CCCCNC(=O)c1ccc2ccccc2n1)c1cccs1. The Bertz CT molecular complexity index is 1070. The number of aromatic nitrogens is 1. The second-order valence-electron chi connectivity index (χ2n) is 7.14. The lowest BCUT2D eigenvalue weighted by atomic mass is 9.99. The summed E-state index contributed by atoms with van der Waals surface area (Å²) in [6.45, 7) is 5.62. The van der Waals surface area contributed by atoms with Crippen LogP contribution in [0.1, 0.15) is 61.3 Å². The van der Waals surface area contributed by atoms with Crippen molar-refractivity contribution in [3.63, 3.8) is 0 Å². The fraction of sp³-hybridized carbons (Fsp3) is 0.346. The van der Waals surface area contributed by atoms with Gasteiger partial charge in [0.15, 0.2) is 0 Å². The molecule has 2 aromatic heterocycles. The van der Waals surface area contributed by atoms with Gasteiger partial charge in [0, 0.05) is 23.7 Å². The zero-order valence-corrected chi connectivity index (χ0v) is 21.1. The van der Waals surface area contributed by atoms with E-state index in [0.29, 0.717) is 24.9 Å². The summed E-state index contributed by atoms with van der Waals surface area (Å²) in [7, 11) is 0. The summed E-state index contributed by atoms with van der Waals surface area (Å²) in [5, 5.41) is 15.9. The molecule has 0 saturated carbocycles. The summed E-state index contributed by atoms with van der Waals surface area (Å²) in [6.07, 6.45) is 2.87. The summed E-state index contributed by atoms with van der Waals surface area (Å²) < 4.78 is 0. The first kappa shape index (κ1) is 29.4. The monoisotopic (exact) mass is 499 g/mol. The average Bonchev–Trinajstić information content (AvgIpc) is 3.39. The molecule has 1 atom stereocenters. The van der Waals surface area contributed by atoms with E-state index < -0.39 is 5.97 Å². The number of nitrogens with zero attached hydrogens (tertiary/aromatic N) is 1. The highest BCUT2D eigenvalue weighted by atomic mass is 32.1. The lowest BCUT2D eigenvalue weighted by Crippen LogP contribution is -2.30. The number of pyridine rings is 1. The Morgan fingerprint density at radius 1 is 1.03 bits per heavy atom. The highest BCUT2D eigenvalue weighted by Crippen LogP contribution is 2.26. The Morgan fingerprint density at radius 2 is 1.74 bits per heavy atom. The van der Waals surface area contributed by atoms with Gasteiger partial charge in [-0.05, 0) is 36.4 Å². The van der Waals surface area contributed by atoms with Crippen LogP contribution in [0.4, 0.5) is 0 Å². The third-order valence-corrected chi connectivity index (χ3v) is 5.58. The number of carboxylic acids is 1. The van der Waals surface area contributed by atoms with Gasteiger partial charge < -0.3 is 20.5 Å². The van der Waals surface area contributed by atoms with E-state index in [4.69, 9.17) is 9.90 Å². The summed E-state index contributed by atoms with van der Waals surface area (Å²) in [5.41, 5.74) is 1.19. The van der Waals surface area contributed by atoms with Gasteiger partial charge in [-0.15, -0.1) is 11.3 Å². The molecule has 2 amide bonds. The van der Waals surface area contributed by atoms with Crippen LogP contribution in [0.15, 0.2) is 53.9 Å². The van der Waals surface area contributed by atoms with E-state index in [0.717, 1.165) is 35.5 Å². The number of fused-ring (bicyclic) bond motifs is 1. The first-order valence-electron chi connectivity index (χ1n) is 11.5. The minimum atomic E-state index is -0.833. The number of aldehydes is 1. The predicted octanol–water partition coefficient (Wildman–Crippen LogP) is 4.41. The predicted molar refractivity (Wildman–Crippen MR) is 139 cm³/mol. The van der Waals surface area contributed by atoms with E-state index in [1.54, 1.807) is 6.07 Å². The van der Waals surface area contributed by atoms with Gasteiger partial charge in [-0.25, -0.2) is 4.98 Å². The van der Waals surface area contributed by atoms with Crippen LogP contribution in [-0.2, 0) is 14.4 Å². The van der Waals surface area contributed by atoms with Crippen LogP contribution in [0, 0.1) is 0 Å². The van der Waals surface area contributed by atoms with Gasteiger partial charge >= 0.3 is 0 Å². The van der Waals surface area contributed by atoms with Gasteiger partial charge in [-0.3, -0.25) is 14.4 Å². The third kappa shape index (κ3) is 10.9. The maximum atomic E-state index is 12.3. The van der Waals surface area contributed by atoms with Crippen molar-refractivity contribution in [1.82, 2.24) is 15.6 Å². The van der Waals surface area contributed by atoms with Gasteiger partial charge in [0.05, 0.1) is 18.0 Å². The van der Waals surface area contributed by atoms with Crippen LogP contribution in [0.3, 0.4) is 0 Å². The number of aliphatic carboxylic acids is 1. The summed E-state index contributed by atoms with van der Waals surface area (Å²) in [6, 6.07) is 15.1. The molecule has 2 heterocycles. The molecule has 0 saturated heterocycles. The Balaban J connectivity index is 0.000000926. The lowest BCUT2D eigenvalue weighted by Gasteiger charge is -2.14. The molecule has 9 heteroatoms. The van der Waals surface area contributed by atoms with Crippen molar-refractivity contribution in [2.75, 3.05) is 13.1 Å². The molecule has 0 aliphatic rings. The minimum absolute atomic E-state index is 0.0233. The molecule has 3 aromatic rings. The van der Waals surface area contributed by atoms with Crippen LogP contribution >= 0.6 is 11.3 Å². The zero-order chi connectivity index (χ0) is 26.1. The fourth-order valence-electron chi connectivity index (χ4n) is 3.12. The van der Waals surface area contributed by atoms with Crippen LogP contribution in [-0.4, -0.2) is 47.2 Å². The molecule has 1 aromatic carbocycles. The maximum absolute atomic E-state index is 12.3. The number of rotatable bonds is 10. The standard InChI is InChI=1S/C22H23N3O3S.C2H4O2.C2H6/c26-14-13-24-21(27)17(20-9-5-15-29-20)7-3-4-12-23-22(28)19-11-10-16-6-1-2-8-18(16)25-19;1-2(3)4;1-2/h1-2,5-6,8-11,14-15,17H,3-4,7,12-13H2,(H,23,28)(H,24,27);1H3,(H,3,4);1-2H3. The minimum Gasteiger partial charge on any atom is -0.481 e. The zero-order valence-electron chi connectivity index (χ0n) is 20.3. The number of hydrogen-bond acceptors (Lipinski definition) is 6. The number of benzene rings is 1. The highest BCUT2D eigenvalue weighted by Gasteiger charge is 2.20. The maximum Gasteiger partial charge on any atom is 0.300 e. The third-order valence-electron chi connectivity index (χ3n) is 4.60. The molecule has 35 heavy (non-hydrogen) atoms. The quantitative estimate of drug-likeness (QED) is 0.280. The van der Waals surface area contributed by atoms with Gasteiger partial charge in [0.2, 0.25) is 5.91 Å². The van der Waals surface area contributed by atoms with Crippen molar-refractivity contribution in [2.45, 2.75) is 46.0 Å². The number of carbonyl (C=O) groups is 4. The molecule has 188 valence electrons. The normalized spacial score (nSPS) is 10.6. The number of carboxylic acid groups (broad SMARTS) is 1. The second kappa shape index (κ2) is 16.9. The van der Waals surface area contributed by atoms with Gasteiger partial charge in [0.25, 0.3) is 11.9 Å². The van der Waals surface area contributed by atoms with E-state index in [1.807, 2.05) is 61.7 Å². The first-order valence-corrected chi connectivity index (χ1v) is 12.4. The largest absolute Gasteiger partial charge is 0.481 e. The number of nitrogens with one attached hydrogen (secondary N) is 2. The molecular weight excluding hydrogens is 466 g/mol. The number of carbonyl (C=O) groups excluding carboxylic acids is 3. The smallest absolute Gasteiger partial charge is 0.300 e. The van der Waals surface area contributed by atoms with E-state index in [-0.39, 0.29) is 24.3 Å². The first-order chi connectivity index (χ1) is 16.9. The van der Waals surface area contributed by atoms with E-state index in [9.17, 15) is 14.4 Å². The second-order valence-corrected chi connectivity index (χ2v) is 8.12. The number of para-hydroxylation sites is 1. The van der Waals surface area contributed by atoms with E-state index >= 15 is 0 Å². The number of unbranched alkanes of at least 4 members (excludes halogenated alkanes) is 1. The Kier molecular flexibility index (Phi) is 14.2. The van der Waals surface area contributed by atoms with E-state index in [1.165, 1.54) is 11.3 Å². The molecule has 0 aliphatic heterocycles. The fourth-order valence-corrected chi connectivity index (χ4v) is 3.98. The summed E-state index contributed by atoms with van der Waals surface area (Å²) in [4.78, 5) is 49.5. The highest BCUT2D eigenvalue weighted by molar-refractivity contribution is 7.10. The molecule has 0 bridgehead atoms. The topological polar surface area (TPSA) is 125 Å². The van der Waals surface area contributed by atoms with Crippen LogP contribution in [0.2, 0.25) is 0 Å². The van der Waals surface area contributed by atoms with Gasteiger partial charge in [0.1, 0.15) is 12.0 Å². The molecule has 0 aliphatic carbocycles. The van der Waals surface area contributed by atoms with Crippen molar-refractivity contribution in [3.8, 4) is 0 Å². The summed E-state index contributed by atoms with van der Waals surface area (Å²) in [5.74, 6) is -1.44. The van der Waals surface area contributed by atoms with Crippen LogP contribution in [0.5, 0.6) is 0 Å². The number of thiophene rings is 1. The number of hydrogen-bond donors (Lipinski definition) is 3. The van der Waals surface area contributed by atoms with Crippen LogP contribution in [0.25, 0.3) is 10.9 Å². The molecule has 0 radical (unpaired) electrons. The van der Waals surface area contributed by atoms with Gasteiger partial charge in [-0.2, -0.15) is 0 Å². The molecule has 0 spiro atoms. The lowest BCUT2D eigenvalue weighted by molar-refractivity contribution is -0.134. The molecule has 3 N–H and O–H groups in total. The Hall–Kier alpha value is -3.59. The van der Waals surface area contributed by atoms with Crippen molar-refractivity contribution in [2.24, 2.45) is 0 Å². The van der Waals surface area contributed by atoms with E-state index in [2.05, 4.69) is 15.6 Å². The summed E-state index contributed by atoms with van der Waals surface area (Å²) >= 11 is 1.53. The Morgan fingerprint density at radius 3 is 2.40 bits per heavy atom. The molecule has 8 nitrogen and oxygen atoms in total. The van der Waals surface area contributed by atoms with Crippen molar-refractivity contribution < 1.29 is 24.3 Å². The number of amides is 2. The average molecular weight is 500 g/mol. The Labute approximate surface area is 209 Å². The van der Waals surface area contributed by atoms with Gasteiger partial charge in [-0.1, -0.05) is 50.6 Å². The molecule has 3 rings (SSSR count).